The van der Waals surface area contributed by atoms with Crippen molar-refractivity contribution in [3.8, 4) is 11.6 Å². The molecule has 3 rings (SSSR count). The molecule has 1 aliphatic heterocycles. The van der Waals surface area contributed by atoms with Gasteiger partial charge < -0.3 is 24.6 Å². The van der Waals surface area contributed by atoms with Crippen LogP contribution < -0.4 is 19.7 Å². The molecule has 0 bridgehead atoms. The fourth-order valence-electron chi connectivity index (χ4n) is 2.82. The predicted molar refractivity (Wildman–Crippen MR) is 96.6 cm³/mol. The molecule has 7 heteroatoms. The normalized spacial score (nSPS) is 14.2. The van der Waals surface area contributed by atoms with E-state index in [4.69, 9.17) is 9.47 Å². The average molecular weight is 342 g/mol. The van der Waals surface area contributed by atoms with E-state index in [0.717, 1.165) is 24.5 Å². The van der Waals surface area contributed by atoms with Crippen LogP contribution in [0.2, 0.25) is 0 Å². The smallest absolute Gasteiger partial charge is 0.322 e. The molecule has 1 N–H and O–H groups in total. The van der Waals surface area contributed by atoms with Crippen molar-refractivity contribution in [1.82, 2.24) is 9.88 Å². The standard InChI is InChI=1S/C18H22N4O3/c1-24-15-6-3-5-14(13-15)21-9-11-22(12-10-21)18(23)20-16-7-4-8-19-17(16)25-2/h3-8,13H,9-12H2,1-2H3,(H,20,23). The minimum Gasteiger partial charge on any atom is -0.497 e. The van der Waals surface area contributed by atoms with E-state index >= 15 is 0 Å². The monoisotopic (exact) mass is 342 g/mol. The summed E-state index contributed by atoms with van der Waals surface area (Å²) in [5.41, 5.74) is 1.68. The molecule has 132 valence electrons. The lowest BCUT2D eigenvalue weighted by Gasteiger charge is -2.36. The minimum atomic E-state index is -0.142. The SMILES string of the molecule is COc1cccc(N2CCN(C(=O)Nc3cccnc3OC)CC2)c1. The Morgan fingerprint density at radius 2 is 1.88 bits per heavy atom. The number of amides is 2. The van der Waals surface area contributed by atoms with Crippen LogP contribution in [0.3, 0.4) is 0 Å². The number of hydrogen-bond donors (Lipinski definition) is 1. The van der Waals surface area contributed by atoms with E-state index in [0.29, 0.717) is 24.7 Å². The lowest BCUT2D eigenvalue weighted by Crippen LogP contribution is -2.50. The number of ether oxygens (including phenoxy) is 2. The molecule has 1 fully saturated rings. The second-order valence-electron chi connectivity index (χ2n) is 5.67. The summed E-state index contributed by atoms with van der Waals surface area (Å²) in [6.45, 7) is 2.83. The largest absolute Gasteiger partial charge is 0.497 e. The molecule has 2 heterocycles. The van der Waals surface area contributed by atoms with Crippen LogP contribution in [-0.4, -0.2) is 56.3 Å². The summed E-state index contributed by atoms with van der Waals surface area (Å²) in [6.07, 6.45) is 1.63. The number of aromatic nitrogens is 1. The molecule has 0 spiro atoms. The van der Waals surface area contributed by atoms with Crippen molar-refractivity contribution in [1.29, 1.82) is 0 Å². The van der Waals surface area contributed by atoms with Crippen molar-refractivity contribution < 1.29 is 14.3 Å². The molecule has 0 atom stereocenters. The summed E-state index contributed by atoms with van der Waals surface area (Å²) in [4.78, 5) is 20.6. The lowest BCUT2D eigenvalue weighted by atomic mass is 10.2. The third-order valence-electron chi connectivity index (χ3n) is 4.19. The summed E-state index contributed by atoms with van der Waals surface area (Å²) >= 11 is 0. The molecule has 7 nitrogen and oxygen atoms in total. The van der Waals surface area contributed by atoms with E-state index in [1.54, 1.807) is 30.3 Å². The average Bonchev–Trinajstić information content (AvgIpc) is 2.68. The third-order valence-corrected chi connectivity index (χ3v) is 4.19. The van der Waals surface area contributed by atoms with Gasteiger partial charge in [-0.2, -0.15) is 0 Å². The van der Waals surface area contributed by atoms with Gasteiger partial charge in [-0.05, 0) is 24.3 Å². The van der Waals surface area contributed by atoms with Crippen LogP contribution in [0.15, 0.2) is 42.6 Å². The van der Waals surface area contributed by atoms with E-state index in [2.05, 4.69) is 21.3 Å². The van der Waals surface area contributed by atoms with E-state index in [1.807, 2.05) is 18.2 Å². The molecule has 25 heavy (non-hydrogen) atoms. The number of methoxy groups -OCH3 is 2. The molecule has 2 amide bonds. The summed E-state index contributed by atoms with van der Waals surface area (Å²) in [5.74, 6) is 1.24. The highest BCUT2D eigenvalue weighted by atomic mass is 16.5. The van der Waals surface area contributed by atoms with Crippen LogP contribution >= 0.6 is 0 Å². The van der Waals surface area contributed by atoms with E-state index in [1.165, 1.54) is 7.11 Å². The molecular formula is C18H22N4O3. The summed E-state index contributed by atoms with van der Waals surface area (Å²) in [6, 6.07) is 11.4. The summed E-state index contributed by atoms with van der Waals surface area (Å²) in [7, 11) is 3.19. The van der Waals surface area contributed by atoms with Crippen molar-refractivity contribution in [2.24, 2.45) is 0 Å². The lowest BCUT2D eigenvalue weighted by molar-refractivity contribution is 0.208. The topological polar surface area (TPSA) is 66.9 Å². The number of benzene rings is 1. The first-order chi connectivity index (χ1) is 12.2. The van der Waals surface area contributed by atoms with Gasteiger partial charge in [0.25, 0.3) is 0 Å². The van der Waals surface area contributed by atoms with Crippen LogP contribution in [0.4, 0.5) is 16.2 Å². The van der Waals surface area contributed by atoms with Crippen LogP contribution in [-0.2, 0) is 0 Å². The Bertz CT molecular complexity index is 730. The van der Waals surface area contributed by atoms with E-state index in [-0.39, 0.29) is 6.03 Å². The number of pyridine rings is 1. The number of piperazine rings is 1. The Labute approximate surface area is 147 Å². The van der Waals surface area contributed by atoms with Gasteiger partial charge >= 0.3 is 6.03 Å². The van der Waals surface area contributed by atoms with Crippen molar-refractivity contribution in [2.75, 3.05) is 50.6 Å². The van der Waals surface area contributed by atoms with Gasteiger partial charge in [0.2, 0.25) is 5.88 Å². The van der Waals surface area contributed by atoms with Gasteiger partial charge in [-0.3, -0.25) is 0 Å². The molecule has 1 saturated heterocycles. The predicted octanol–water partition coefficient (Wildman–Crippen LogP) is 2.45. The van der Waals surface area contributed by atoms with Crippen LogP contribution in [0, 0.1) is 0 Å². The summed E-state index contributed by atoms with van der Waals surface area (Å²) < 4.78 is 10.4. The second-order valence-corrected chi connectivity index (χ2v) is 5.67. The first-order valence-electron chi connectivity index (χ1n) is 8.15. The number of rotatable bonds is 4. The minimum absolute atomic E-state index is 0.142. The maximum absolute atomic E-state index is 12.5. The van der Waals surface area contributed by atoms with Crippen LogP contribution in [0.5, 0.6) is 11.6 Å². The van der Waals surface area contributed by atoms with E-state index in [9.17, 15) is 4.79 Å². The van der Waals surface area contributed by atoms with Gasteiger partial charge in [0, 0.05) is 44.1 Å². The van der Waals surface area contributed by atoms with Crippen LogP contribution in [0.1, 0.15) is 0 Å². The van der Waals surface area contributed by atoms with Gasteiger partial charge in [-0.1, -0.05) is 6.07 Å². The fraction of sp³-hybridized carbons (Fsp3) is 0.333. The highest BCUT2D eigenvalue weighted by molar-refractivity contribution is 5.90. The van der Waals surface area contributed by atoms with Crippen molar-refractivity contribution >= 4 is 17.4 Å². The molecule has 0 saturated carbocycles. The molecule has 1 aromatic carbocycles. The number of nitrogens with zero attached hydrogens (tertiary/aromatic N) is 3. The third kappa shape index (κ3) is 3.93. The van der Waals surface area contributed by atoms with E-state index < -0.39 is 0 Å². The highest BCUT2D eigenvalue weighted by Crippen LogP contribution is 2.23. The molecule has 2 aromatic rings. The van der Waals surface area contributed by atoms with Gasteiger partial charge in [0.1, 0.15) is 11.4 Å². The van der Waals surface area contributed by atoms with Gasteiger partial charge in [0.05, 0.1) is 14.2 Å². The summed E-state index contributed by atoms with van der Waals surface area (Å²) in [5, 5.41) is 2.86. The quantitative estimate of drug-likeness (QED) is 0.924. The Kier molecular flexibility index (Phi) is 5.23. The van der Waals surface area contributed by atoms with Gasteiger partial charge in [-0.25, -0.2) is 9.78 Å². The van der Waals surface area contributed by atoms with Crippen LogP contribution in [0.25, 0.3) is 0 Å². The Morgan fingerprint density at radius 1 is 1.08 bits per heavy atom. The molecule has 1 aliphatic rings. The molecular weight excluding hydrogens is 320 g/mol. The Balaban J connectivity index is 1.59. The van der Waals surface area contributed by atoms with Gasteiger partial charge in [-0.15, -0.1) is 0 Å². The number of urea groups is 1. The Morgan fingerprint density at radius 3 is 2.60 bits per heavy atom. The number of anilines is 2. The molecule has 0 aliphatic carbocycles. The van der Waals surface area contributed by atoms with Crippen molar-refractivity contribution in [3.05, 3.63) is 42.6 Å². The first kappa shape index (κ1) is 16.9. The van der Waals surface area contributed by atoms with Crippen molar-refractivity contribution in [2.45, 2.75) is 0 Å². The molecule has 0 unspecified atom stereocenters. The maximum Gasteiger partial charge on any atom is 0.322 e. The first-order valence-corrected chi connectivity index (χ1v) is 8.15. The van der Waals surface area contributed by atoms with Gasteiger partial charge in [0.15, 0.2) is 0 Å². The molecule has 0 radical (unpaired) electrons. The number of carbonyl (C=O) groups excluding carboxylic acids is 1. The maximum atomic E-state index is 12.5. The number of nitrogens with one attached hydrogen (secondary N) is 1. The Hall–Kier alpha value is -2.96. The zero-order valence-corrected chi connectivity index (χ0v) is 14.4. The zero-order chi connectivity index (χ0) is 17.6. The van der Waals surface area contributed by atoms with Crippen molar-refractivity contribution in [3.63, 3.8) is 0 Å². The fourth-order valence-corrected chi connectivity index (χ4v) is 2.82. The number of hydrogen-bond acceptors (Lipinski definition) is 5. The number of carbonyl (C=O) groups is 1. The second kappa shape index (κ2) is 7.74. The highest BCUT2D eigenvalue weighted by Gasteiger charge is 2.22. The zero-order valence-electron chi connectivity index (χ0n) is 14.4. The molecule has 1 aromatic heterocycles.